The molecule has 1 rings (SSSR count). The van der Waals surface area contributed by atoms with Crippen LogP contribution in [0.15, 0.2) is 4.99 Å². The Morgan fingerprint density at radius 2 is 1.95 bits per heavy atom. The largest absolute Gasteiger partial charge is 0.383 e. The Labute approximate surface area is 151 Å². The molecule has 6 nitrogen and oxygen atoms in total. The molecule has 2 N–H and O–H groups in total. The van der Waals surface area contributed by atoms with E-state index in [1.165, 1.54) is 0 Å². The second-order valence-electron chi connectivity index (χ2n) is 6.11. The number of rotatable bonds is 6. The lowest BCUT2D eigenvalue weighted by molar-refractivity contribution is -0.138. The molecule has 0 spiro atoms. The molecule has 1 aliphatic carbocycles. The molecule has 1 aliphatic rings. The van der Waals surface area contributed by atoms with Gasteiger partial charge in [0.15, 0.2) is 5.96 Å². The Morgan fingerprint density at radius 1 is 1.36 bits per heavy atom. The highest BCUT2D eigenvalue weighted by Gasteiger charge is 2.42. The van der Waals surface area contributed by atoms with Crippen LogP contribution < -0.4 is 10.6 Å². The van der Waals surface area contributed by atoms with Crippen LogP contribution in [0.5, 0.6) is 0 Å². The highest BCUT2D eigenvalue weighted by atomic mass is 127. The average molecular weight is 426 g/mol. The van der Waals surface area contributed by atoms with Gasteiger partial charge in [-0.25, -0.2) is 0 Å². The van der Waals surface area contributed by atoms with E-state index in [0.29, 0.717) is 13.2 Å². The molecule has 7 heteroatoms. The lowest BCUT2D eigenvalue weighted by atomic mass is 9.84. The number of hydrogen-bond donors (Lipinski definition) is 2. The molecule has 1 atom stereocenters. The first kappa shape index (κ1) is 21.4. The van der Waals surface area contributed by atoms with Crippen LogP contribution in [0, 0.1) is 5.41 Å². The number of carbonyl (C=O) groups is 1. The second kappa shape index (κ2) is 10.3. The van der Waals surface area contributed by atoms with Crippen LogP contribution in [-0.4, -0.2) is 64.2 Å². The number of aliphatic imine (C=N–C) groups is 1. The van der Waals surface area contributed by atoms with Gasteiger partial charge in [0, 0.05) is 40.8 Å². The van der Waals surface area contributed by atoms with Gasteiger partial charge in [-0.05, 0) is 19.8 Å². The number of amides is 1. The summed E-state index contributed by atoms with van der Waals surface area (Å²) in [6, 6.07) is 0.172. The van der Waals surface area contributed by atoms with Gasteiger partial charge >= 0.3 is 0 Å². The van der Waals surface area contributed by atoms with Crippen LogP contribution in [0.1, 0.15) is 32.6 Å². The first-order chi connectivity index (χ1) is 9.95. The Morgan fingerprint density at radius 3 is 2.41 bits per heavy atom. The van der Waals surface area contributed by atoms with Crippen molar-refractivity contribution in [2.75, 3.05) is 41.4 Å². The molecule has 0 aromatic heterocycles. The minimum absolute atomic E-state index is 0. The number of halogens is 1. The molecule has 1 saturated carbocycles. The molecular weight excluding hydrogens is 395 g/mol. The van der Waals surface area contributed by atoms with Gasteiger partial charge in [0.2, 0.25) is 5.91 Å². The summed E-state index contributed by atoms with van der Waals surface area (Å²) in [5.74, 6) is 0.935. The Hall–Kier alpha value is -0.570. The fraction of sp³-hybridized carbons (Fsp3) is 0.867. The van der Waals surface area contributed by atoms with E-state index in [1.54, 1.807) is 19.1 Å². The van der Waals surface area contributed by atoms with Gasteiger partial charge in [-0.1, -0.05) is 12.8 Å². The summed E-state index contributed by atoms with van der Waals surface area (Å²) in [6.45, 7) is 3.28. The molecule has 130 valence electrons. The van der Waals surface area contributed by atoms with Crippen LogP contribution in [0.3, 0.4) is 0 Å². The van der Waals surface area contributed by atoms with E-state index in [9.17, 15) is 4.79 Å². The normalized spacial score (nSPS) is 18.3. The number of methoxy groups -OCH3 is 1. The first-order valence-electron chi connectivity index (χ1n) is 7.63. The SMILES string of the molecule is CN=C(NCC1(C(=O)N(C)C)CCCC1)NC(C)COC.I. The number of nitrogens with one attached hydrogen (secondary N) is 2. The van der Waals surface area contributed by atoms with Crippen LogP contribution in [0.25, 0.3) is 0 Å². The molecular formula is C15H31IN4O2. The second-order valence-corrected chi connectivity index (χ2v) is 6.11. The maximum absolute atomic E-state index is 12.5. The molecule has 0 heterocycles. The summed E-state index contributed by atoms with van der Waals surface area (Å²) in [7, 11) is 7.08. The van der Waals surface area contributed by atoms with Crippen LogP contribution >= 0.6 is 24.0 Å². The molecule has 0 aromatic carbocycles. The molecule has 1 unspecified atom stereocenters. The Kier molecular flexibility index (Phi) is 9.99. The van der Waals surface area contributed by atoms with Crippen molar-refractivity contribution in [1.82, 2.24) is 15.5 Å². The van der Waals surface area contributed by atoms with Crippen molar-refractivity contribution < 1.29 is 9.53 Å². The molecule has 0 aromatic rings. The average Bonchev–Trinajstić information content (AvgIpc) is 2.92. The molecule has 1 fully saturated rings. The van der Waals surface area contributed by atoms with E-state index >= 15 is 0 Å². The van der Waals surface area contributed by atoms with Gasteiger partial charge in [0.25, 0.3) is 0 Å². The van der Waals surface area contributed by atoms with E-state index in [-0.39, 0.29) is 41.3 Å². The van der Waals surface area contributed by atoms with Crippen LogP contribution in [0.2, 0.25) is 0 Å². The fourth-order valence-corrected chi connectivity index (χ4v) is 2.96. The maximum atomic E-state index is 12.5. The van der Waals surface area contributed by atoms with Crippen molar-refractivity contribution in [3.8, 4) is 0 Å². The van der Waals surface area contributed by atoms with E-state index in [0.717, 1.165) is 31.6 Å². The number of nitrogens with zero attached hydrogens (tertiary/aromatic N) is 2. The highest BCUT2D eigenvalue weighted by Crippen LogP contribution is 2.38. The zero-order valence-corrected chi connectivity index (χ0v) is 16.8. The van der Waals surface area contributed by atoms with Crippen molar-refractivity contribution >= 4 is 35.8 Å². The summed E-state index contributed by atoms with van der Waals surface area (Å²) < 4.78 is 5.11. The zero-order valence-electron chi connectivity index (χ0n) is 14.4. The Bertz CT molecular complexity index is 369. The predicted octanol–water partition coefficient (Wildman–Crippen LogP) is 1.45. The minimum Gasteiger partial charge on any atom is -0.383 e. The van der Waals surface area contributed by atoms with Crippen molar-refractivity contribution in [2.24, 2.45) is 10.4 Å². The quantitative estimate of drug-likeness (QED) is 0.384. The van der Waals surface area contributed by atoms with Gasteiger partial charge in [-0.3, -0.25) is 9.79 Å². The van der Waals surface area contributed by atoms with Gasteiger partial charge in [0.05, 0.1) is 12.0 Å². The van der Waals surface area contributed by atoms with Crippen molar-refractivity contribution in [2.45, 2.75) is 38.6 Å². The predicted molar refractivity (Wildman–Crippen MR) is 101 cm³/mol. The fourth-order valence-electron chi connectivity index (χ4n) is 2.96. The zero-order chi connectivity index (χ0) is 15.9. The lowest BCUT2D eigenvalue weighted by Crippen LogP contribution is -2.51. The summed E-state index contributed by atoms with van der Waals surface area (Å²) >= 11 is 0. The van der Waals surface area contributed by atoms with Crippen LogP contribution in [0.4, 0.5) is 0 Å². The number of hydrogen-bond acceptors (Lipinski definition) is 3. The molecule has 0 saturated heterocycles. The third kappa shape index (κ3) is 5.91. The maximum Gasteiger partial charge on any atom is 0.230 e. The van der Waals surface area contributed by atoms with E-state index < -0.39 is 0 Å². The van der Waals surface area contributed by atoms with Gasteiger partial charge in [-0.2, -0.15) is 0 Å². The van der Waals surface area contributed by atoms with E-state index in [1.807, 2.05) is 21.0 Å². The molecule has 1 amide bonds. The number of ether oxygens (including phenoxy) is 1. The van der Waals surface area contributed by atoms with Gasteiger partial charge in [-0.15, -0.1) is 24.0 Å². The first-order valence-corrected chi connectivity index (χ1v) is 7.63. The molecule has 0 radical (unpaired) electrons. The van der Waals surface area contributed by atoms with Crippen molar-refractivity contribution in [3.05, 3.63) is 0 Å². The summed E-state index contributed by atoms with van der Waals surface area (Å²) in [6.07, 6.45) is 4.13. The Balaban J connectivity index is 0.00000441. The molecule has 0 bridgehead atoms. The summed E-state index contributed by atoms with van der Waals surface area (Å²) in [4.78, 5) is 18.4. The lowest BCUT2D eigenvalue weighted by Gasteiger charge is -2.31. The molecule has 0 aliphatic heterocycles. The van der Waals surface area contributed by atoms with E-state index in [4.69, 9.17) is 4.74 Å². The molecule has 22 heavy (non-hydrogen) atoms. The third-order valence-electron chi connectivity index (χ3n) is 4.04. The van der Waals surface area contributed by atoms with Gasteiger partial charge < -0.3 is 20.3 Å². The summed E-state index contributed by atoms with van der Waals surface area (Å²) in [5, 5.41) is 6.58. The highest BCUT2D eigenvalue weighted by molar-refractivity contribution is 14.0. The van der Waals surface area contributed by atoms with Crippen LogP contribution in [-0.2, 0) is 9.53 Å². The number of guanidine groups is 1. The number of carbonyl (C=O) groups excluding carboxylic acids is 1. The summed E-state index contributed by atoms with van der Waals surface area (Å²) in [5.41, 5.74) is -0.286. The smallest absolute Gasteiger partial charge is 0.230 e. The van der Waals surface area contributed by atoms with Crippen molar-refractivity contribution in [1.29, 1.82) is 0 Å². The minimum atomic E-state index is -0.286. The standard InChI is InChI=1S/C15H30N4O2.HI/c1-12(10-21-5)18-14(16-2)17-11-15(8-6-7-9-15)13(20)19(3)4;/h12H,6-11H2,1-5H3,(H2,16,17,18);1H. The van der Waals surface area contributed by atoms with Gasteiger partial charge in [0.1, 0.15) is 0 Å². The van der Waals surface area contributed by atoms with E-state index in [2.05, 4.69) is 15.6 Å². The van der Waals surface area contributed by atoms with Crippen molar-refractivity contribution in [3.63, 3.8) is 0 Å². The third-order valence-corrected chi connectivity index (χ3v) is 4.04. The monoisotopic (exact) mass is 426 g/mol. The topological polar surface area (TPSA) is 66.0 Å².